The van der Waals surface area contributed by atoms with Crippen molar-refractivity contribution in [3.63, 3.8) is 0 Å². The quantitative estimate of drug-likeness (QED) is 0.570. The molecule has 3 rings (SSSR count). The predicted octanol–water partition coefficient (Wildman–Crippen LogP) is 0.984. The molecule has 0 aliphatic heterocycles. The van der Waals surface area contributed by atoms with Gasteiger partial charge in [0.05, 0.1) is 10.9 Å². The van der Waals surface area contributed by atoms with Gasteiger partial charge in [-0.05, 0) is 19.1 Å². The zero-order chi connectivity index (χ0) is 15.7. The highest BCUT2D eigenvalue weighted by atomic mass is 16.5. The van der Waals surface area contributed by atoms with Crippen molar-refractivity contribution in [2.45, 2.75) is 13.0 Å². The van der Waals surface area contributed by atoms with E-state index in [1.54, 1.807) is 19.1 Å². The van der Waals surface area contributed by atoms with Gasteiger partial charge in [0.25, 0.3) is 0 Å². The number of hydrogen-bond acceptors (Lipinski definition) is 6. The van der Waals surface area contributed by atoms with Gasteiger partial charge in [-0.25, -0.2) is 4.79 Å². The minimum atomic E-state index is -0.489. The van der Waals surface area contributed by atoms with Gasteiger partial charge in [0.15, 0.2) is 6.04 Å². The number of hydrogen-bond donors (Lipinski definition) is 1. The molecule has 0 radical (unpaired) electrons. The number of carbonyl (C=O) groups is 1. The number of rotatable bonds is 3. The Morgan fingerprint density at radius 1 is 1.36 bits per heavy atom. The summed E-state index contributed by atoms with van der Waals surface area (Å²) in [7, 11) is 0. The Hall–Kier alpha value is -2.93. The van der Waals surface area contributed by atoms with E-state index in [-0.39, 0.29) is 5.43 Å². The molecule has 2 aromatic heterocycles. The van der Waals surface area contributed by atoms with Crippen molar-refractivity contribution in [3.05, 3.63) is 47.0 Å². The van der Waals surface area contributed by atoms with Crippen molar-refractivity contribution in [2.75, 3.05) is 0 Å². The summed E-state index contributed by atoms with van der Waals surface area (Å²) in [5.74, 6) is -0.161. The van der Waals surface area contributed by atoms with Crippen LogP contribution < -0.4 is 15.9 Å². The van der Waals surface area contributed by atoms with Crippen LogP contribution in [0, 0.1) is 0 Å². The first-order valence-electron chi connectivity index (χ1n) is 6.57. The number of carbonyl (C=O) groups excluding carboxylic acids is 1. The van der Waals surface area contributed by atoms with Crippen LogP contribution >= 0.6 is 0 Å². The molecule has 3 N–H and O–H groups in total. The summed E-state index contributed by atoms with van der Waals surface area (Å²) in [5, 5.41) is 4.08. The number of esters is 1. The van der Waals surface area contributed by atoms with Gasteiger partial charge >= 0.3 is 5.97 Å². The maximum absolute atomic E-state index is 12.4. The molecule has 1 atom stereocenters. The molecule has 0 unspecified atom stereocenters. The molecule has 3 aromatic rings. The normalized spacial score (nSPS) is 12.3. The average molecular weight is 301 g/mol. The largest absolute Gasteiger partial charge is 0.463 e. The molecule has 0 fully saturated rings. The Bertz CT molecular complexity index is 881. The lowest BCUT2D eigenvalue weighted by molar-refractivity contribution is -0.401. The summed E-state index contributed by atoms with van der Waals surface area (Å²) < 4.78 is 15.3. The second-order valence-corrected chi connectivity index (χ2v) is 4.84. The predicted molar refractivity (Wildman–Crippen MR) is 76.0 cm³/mol. The highest BCUT2D eigenvalue weighted by Crippen LogP contribution is 2.22. The van der Waals surface area contributed by atoms with E-state index in [1.807, 2.05) is 0 Å². The smallest absolute Gasteiger partial charge is 0.369 e. The van der Waals surface area contributed by atoms with Crippen LogP contribution in [0.4, 0.5) is 0 Å². The number of aromatic nitrogens is 1. The van der Waals surface area contributed by atoms with E-state index in [1.165, 1.54) is 24.7 Å². The molecule has 2 heterocycles. The lowest BCUT2D eigenvalue weighted by Crippen LogP contribution is -2.64. The van der Waals surface area contributed by atoms with Gasteiger partial charge in [-0.15, -0.1) is 0 Å². The van der Waals surface area contributed by atoms with E-state index in [0.29, 0.717) is 28.0 Å². The fourth-order valence-corrected chi connectivity index (χ4v) is 1.92. The SMILES string of the molecule is C[C@@H]([NH3+])C(=O)Oc1ccc2c(=O)c(-c3ccon3)coc2c1. The summed E-state index contributed by atoms with van der Waals surface area (Å²) in [6.07, 6.45) is 2.68. The van der Waals surface area contributed by atoms with Gasteiger partial charge in [0.1, 0.15) is 29.6 Å². The molecule has 0 aliphatic rings. The minimum absolute atomic E-state index is 0.237. The van der Waals surface area contributed by atoms with Crippen LogP contribution in [-0.2, 0) is 4.79 Å². The monoisotopic (exact) mass is 301 g/mol. The Balaban J connectivity index is 2.03. The van der Waals surface area contributed by atoms with E-state index in [9.17, 15) is 9.59 Å². The number of fused-ring (bicyclic) bond motifs is 1. The first-order chi connectivity index (χ1) is 10.6. The molecule has 22 heavy (non-hydrogen) atoms. The molecule has 0 amide bonds. The molecule has 0 saturated carbocycles. The summed E-state index contributed by atoms with van der Waals surface area (Å²) in [6.45, 7) is 1.63. The van der Waals surface area contributed by atoms with E-state index < -0.39 is 12.0 Å². The van der Waals surface area contributed by atoms with Crippen LogP contribution in [-0.4, -0.2) is 17.2 Å². The van der Waals surface area contributed by atoms with E-state index in [0.717, 1.165) is 0 Å². The van der Waals surface area contributed by atoms with Gasteiger partial charge in [0, 0.05) is 12.1 Å². The number of quaternary nitrogens is 1. The summed E-state index contributed by atoms with van der Waals surface area (Å²) in [5.41, 5.74) is 4.37. The molecule has 1 aromatic carbocycles. The lowest BCUT2D eigenvalue weighted by Gasteiger charge is -2.06. The molecule has 0 spiro atoms. The van der Waals surface area contributed by atoms with E-state index >= 15 is 0 Å². The Kier molecular flexibility index (Phi) is 3.48. The van der Waals surface area contributed by atoms with Gasteiger partial charge < -0.3 is 19.4 Å². The maximum atomic E-state index is 12.4. The Labute approximate surface area is 124 Å². The first kappa shape index (κ1) is 14.0. The number of nitrogens with zero attached hydrogens (tertiary/aromatic N) is 1. The van der Waals surface area contributed by atoms with Crippen molar-refractivity contribution < 1.29 is 24.2 Å². The van der Waals surface area contributed by atoms with E-state index in [4.69, 9.17) is 13.7 Å². The minimum Gasteiger partial charge on any atom is -0.463 e. The van der Waals surface area contributed by atoms with Crippen molar-refractivity contribution in [3.8, 4) is 17.0 Å². The van der Waals surface area contributed by atoms with Crippen molar-refractivity contribution in [1.29, 1.82) is 0 Å². The molecular formula is C15H13N2O5+. The molecule has 7 heteroatoms. The second-order valence-electron chi connectivity index (χ2n) is 4.84. The van der Waals surface area contributed by atoms with E-state index in [2.05, 4.69) is 10.9 Å². The number of ether oxygens (including phenoxy) is 1. The van der Waals surface area contributed by atoms with Gasteiger partial charge in [-0.1, -0.05) is 5.16 Å². The lowest BCUT2D eigenvalue weighted by atomic mass is 10.1. The van der Waals surface area contributed by atoms with Crippen LogP contribution in [0.5, 0.6) is 5.75 Å². The van der Waals surface area contributed by atoms with Gasteiger partial charge in [-0.2, -0.15) is 0 Å². The highest BCUT2D eigenvalue weighted by Gasteiger charge is 2.16. The second kappa shape index (κ2) is 5.45. The van der Waals surface area contributed by atoms with Crippen LogP contribution in [0.3, 0.4) is 0 Å². The molecule has 0 saturated heterocycles. The molecule has 0 aliphatic carbocycles. The fraction of sp³-hybridized carbons (Fsp3) is 0.133. The zero-order valence-corrected chi connectivity index (χ0v) is 11.7. The average Bonchev–Trinajstić information content (AvgIpc) is 3.01. The van der Waals surface area contributed by atoms with Crippen molar-refractivity contribution in [2.24, 2.45) is 0 Å². The topological polar surface area (TPSA) is 110 Å². The molecule has 112 valence electrons. The Morgan fingerprint density at radius 2 is 2.18 bits per heavy atom. The number of benzene rings is 1. The van der Waals surface area contributed by atoms with Gasteiger partial charge in [-0.3, -0.25) is 4.79 Å². The van der Waals surface area contributed by atoms with Crippen LogP contribution in [0.2, 0.25) is 0 Å². The Morgan fingerprint density at radius 3 is 2.86 bits per heavy atom. The van der Waals surface area contributed by atoms with Crippen LogP contribution in [0.1, 0.15) is 6.92 Å². The van der Waals surface area contributed by atoms with Crippen molar-refractivity contribution >= 4 is 16.9 Å². The summed E-state index contributed by atoms with van der Waals surface area (Å²) in [4.78, 5) is 23.9. The van der Waals surface area contributed by atoms with Gasteiger partial charge in [0.2, 0.25) is 5.43 Å². The third-order valence-corrected chi connectivity index (χ3v) is 3.08. The summed E-state index contributed by atoms with van der Waals surface area (Å²) in [6, 6.07) is 5.65. The molecule has 0 bridgehead atoms. The third kappa shape index (κ3) is 2.49. The van der Waals surface area contributed by atoms with Crippen LogP contribution in [0.15, 0.2) is 50.5 Å². The standard InChI is InChI=1S/C15H12N2O5/c1-8(16)15(19)22-9-2-3-10-13(6-9)20-7-11(14(10)18)12-4-5-21-17-12/h2-8H,16H2,1H3/p+1/t8-/m1/s1. The molecular weight excluding hydrogens is 288 g/mol. The zero-order valence-electron chi connectivity index (χ0n) is 11.7. The van der Waals surface area contributed by atoms with Crippen LogP contribution in [0.25, 0.3) is 22.2 Å². The summed E-state index contributed by atoms with van der Waals surface area (Å²) >= 11 is 0. The third-order valence-electron chi connectivity index (χ3n) is 3.08. The first-order valence-corrected chi connectivity index (χ1v) is 6.57. The maximum Gasteiger partial charge on any atom is 0.369 e. The van der Waals surface area contributed by atoms with Crippen molar-refractivity contribution in [1.82, 2.24) is 5.16 Å². The fourth-order valence-electron chi connectivity index (χ4n) is 1.92. The highest BCUT2D eigenvalue weighted by molar-refractivity contribution is 5.83. The molecule has 7 nitrogen and oxygen atoms in total.